The normalized spacial score (nSPS) is 9.78. The van der Waals surface area contributed by atoms with Crippen LogP contribution in [0, 0.1) is 11.3 Å². The Morgan fingerprint density at radius 3 is 2.39 bits per heavy atom. The molecule has 0 bridgehead atoms. The summed E-state index contributed by atoms with van der Waals surface area (Å²) in [7, 11) is 0. The number of rotatable bonds is 2. The van der Waals surface area contributed by atoms with E-state index in [4.69, 9.17) is 22.0 Å². The van der Waals surface area contributed by atoms with E-state index in [2.05, 4.69) is 0 Å². The Kier molecular flexibility index (Phi) is 3.31. The summed E-state index contributed by atoms with van der Waals surface area (Å²) in [6.07, 6.45) is 0. The van der Waals surface area contributed by atoms with Gasteiger partial charge in [-0.1, -0.05) is 23.7 Å². The minimum Gasteiger partial charge on any atom is -0.478 e. The highest BCUT2D eigenvalue weighted by Gasteiger charge is 2.12. The predicted molar refractivity (Wildman–Crippen MR) is 68.6 cm³/mol. The van der Waals surface area contributed by atoms with Gasteiger partial charge < -0.3 is 5.11 Å². The van der Waals surface area contributed by atoms with Crippen LogP contribution in [0.4, 0.5) is 0 Å². The maximum absolute atomic E-state index is 11.1. The minimum atomic E-state index is -1.01. The molecular formula is C14H8ClNO2. The lowest BCUT2D eigenvalue weighted by Gasteiger charge is -2.07. The molecule has 0 amide bonds. The first-order chi connectivity index (χ1) is 8.61. The molecule has 0 unspecified atom stereocenters. The van der Waals surface area contributed by atoms with Crippen LogP contribution in [0.1, 0.15) is 15.9 Å². The van der Waals surface area contributed by atoms with Gasteiger partial charge in [-0.2, -0.15) is 5.26 Å². The van der Waals surface area contributed by atoms with Crippen LogP contribution >= 0.6 is 11.6 Å². The summed E-state index contributed by atoms with van der Waals surface area (Å²) in [6.45, 7) is 0. The topological polar surface area (TPSA) is 61.1 Å². The molecule has 0 radical (unpaired) electrons. The van der Waals surface area contributed by atoms with E-state index in [-0.39, 0.29) is 5.56 Å². The van der Waals surface area contributed by atoms with Gasteiger partial charge in [0.25, 0.3) is 0 Å². The summed E-state index contributed by atoms with van der Waals surface area (Å²) in [5.74, 6) is -1.01. The fourth-order valence-corrected chi connectivity index (χ4v) is 1.84. The minimum absolute atomic E-state index is 0.184. The number of hydrogen-bond donors (Lipinski definition) is 1. The molecule has 0 aliphatic rings. The first kappa shape index (κ1) is 12.2. The van der Waals surface area contributed by atoms with Crippen LogP contribution in [0.25, 0.3) is 11.1 Å². The lowest BCUT2D eigenvalue weighted by molar-refractivity contribution is 0.0698. The molecule has 88 valence electrons. The first-order valence-electron chi connectivity index (χ1n) is 5.15. The highest BCUT2D eigenvalue weighted by atomic mass is 35.5. The number of benzene rings is 2. The summed E-state index contributed by atoms with van der Waals surface area (Å²) in [6, 6.07) is 13.3. The van der Waals surface area contributed by atoms with E-state index < -0.39 is 5.97 Å². The van der Waals surface area contributed by atoms with Gasteiger partial charge in [0.1, 0.15) is 0 Å². The van der Waals surface area contributed by atoms with Crippen molar-refractivity contribution in [1.82, 2.24) is 0 Å². The van der Waals surface area contributed by atoms with Gasteiger partial charge in [-0.15, -0.1) is 0 Å². The second-order valence-corrected chi connectivity index (χ2v) is 4.12. The zero-order chi connectivity index (χ0) is 13.1. The smallest absolute Gasteiger partial charge is 0.336 e. The molecule has 3 nitrogen and oxygen atoms in total. The number of hydrogen-bond acceptors (Lipinski definition) is 2. The van der Waals surface area contributed by atoms with Crippen LogP contribution in [0.5, 0.6) is 0 Å². The van der Waals surface area contributed by atoms with E-state index in [0.29, 0.717) is 21.7 Å². The van der Waals surface area contributed by atoms with E-state index in [1.165, 1.54) is 12.1 Å². The molecule has 2 aromatic carbocycles. The van der Waals surface area contributed by atoms with Gasteiger partial charge in [-0.25, -0.2) is 4.79 Å². The van der Waals surface area contributed by atoms with E-state index in [1.807, 2.05) is 6.07 Å². The molecule has 0 atom stereocenters. The Morgan fingerprint density at radius 1 is 1.17 bits per heavy atom. The molecule has 0 saturated heterocycles. The lowest BCUT2D eigenvalue weighted by atomic mass is 9.99. The van der Waals surface area contributed by atoms with Gasteiger partial charge >= 0.3 is 5.97 Å². The van der Waals surface area contributed by atoms with Crippen LogP contribution in [0.2, 0.25) is 5.02 Å². The van der Waals surface area contributed by atoms with Crippen molar-refractivity contribution in [2.24, 2.45) is 0 Å². The summed E-state index contributed by atoms with van der Waals surface area (Å²) < 4.78 is 0. The zero-order valence-corrected chi connectivity index (χ0v) is 9.98. The number of aromatic carboxylic acids is 1. The Hall–Kier alpha value is -2.31. The Bertz CT molecular complexity index is 642. The van der Waals surface area contributed by atoms with Crippen LogP contribution in [-0.2, 0) is 0 Å². The molecule has 4 heteroatoms. The molecule has 1 N–H and O–H groups in total. The number of carbonyl (C=O) groups is 1. The number of nitrogens with zero attached hydrogens (tertiary/aromatic N) is 1. The van der Waals surface area contributed by atoms with Gasteiger partial charge in [0.15, 0.2) is 0 Å². The molecule has 0 aromatic heterocycles. The van der Waals surface area contributed by atoms with Crippen molar-refractivity contribution in [3.63, 3.8) is 0 Å². The maximum Gasteiger partial charge on any atom is 0.336 e. The molecule has 0 fully saturated rings. The van der Waals surface area contributed by atoms with Crippen molar-refractivity contribution in [3.8, 4) is 17.2 Å². The summed E-state index contributed by atoms with van der Waals surface area (Å²) in [5, 5.41) is 18.3. The van der Waals surface area contributed by atoms with Gasteiger partial charge in [0.05, 0.1) is 17.2 Å². The highest BCUT2D eigenvalue weighted by Crippen LogP contribution is 2.27. The summed E-state index contributed by atoms with van der Waals surface area (Å²) >= 11 is 5.88. The van der Waals surface area contributed by atoms with Crippen molar-refractivity contribution in [2.45, 2.75) is 0 Å². The molecule has 0 aliphatic carbocycles. The van der Waals surface area contributed by atoms with Gasteiger partial charge in [-0.05, 0) is 41.5 Å². The van der Waals surface area contributed by atoms with Crippen LogP contribution in [-0.4, -0.2) is 11.1 Å². The summed E-state index contributed by atoms with van der Waals surface area (Å²) in [5.41, 5.74) is 1.97. The number of carboxylic acid groups (broad SMARTS) is 1. The Morgan fingerprint density at radius 2 is 1.83 bits per heavy atom. The van der Waals surface area contributed by atoms with Gasteiger partial charge in [-0.3, -0.25) is 0 Å². The van der Waals surface area contributed by atoms with Crippen LogP contribution in [0.3, 0.4) is 0 Å². The predicted octanol–water partition coefficient (Wildman–Crippen LogP) is 3.58. The molecule has 18 heavy (non-hydrogen) atoms. The third-order valence-electron chi connectivity index (χ3n) is 2.54. The summed E-state index contributed by atoms with van der Waals surface area (Å²) in [4.78, 5) is 11.1. The van der Waals surface area contributed by atoms with Gasteiger partial charge in [0.2, 0.25) is 0 Å². The van der Waals surface area contributed by atoms with E-state index >= 15 is 0 Å². The van der Waals surface area contributed by atoms with E-state index in [0.717, 1.165) is 0 Å². The second-order valence-electron chi connectivity index (χ2n) is 3.68. The number of carboxylic acids is 1. The third kappa shape index (κ3) is 2.34. The molecule has 0 heterocycles. The lowest BCUT2D eigenvalue weighted by Crippen LogP contribution is -1.99. The van der Waals surface area contributed by atoms with Crippen molar-refractivity contribution >= 4 is 17.6 Å². The molecule has 0 aliphatic heterocycles. The highest BCUT2D eigenvalue weighted by molar-refractivity contribution is 6.31. The van der Waals surface area contributed by atoms with Gasteiger partial charge in [0, 0.05) is 5.02 Å². The van der Waals surface area contributed by atoms with Crippen LogP contribution < -0.4 is 0 Å². The first-order valence-corrected chi connectivity index (χ1v) is 5.53. The third-order valence-corrected chi connectivity index (χ3v) is 2.77. The van der Waals surface area contributed by atoms with Crippen molar-refractivity contribution < 1.29 is 9.90 Å². The SMILES string of the molecule is N#Cc1ccc(-c2cc(Cl)ccc2C(=O)O)cc1. The Balaban J connectivity index is 2.58. The molecular weight excluding hydrogens is 250 g/mol. The van der Waals surface area contributed by atoms with E-state index in [1.54, 1.807) is 30.3 Å². The standard InChI is InChI=1S/C14H8ClNO2/c15-11-5-6-12(14(17)18)13(7-11)10-3-1-9(8-16)2-4-10/h1-7H,(H,17,18). The average molecular weight is 258 g/mol. The van der Waals surface area contributed by atoms with E-state index in [9.17, 15) is 4.79 Å². The average Bonchev–Trinajstić information content (AvgIpc) is 2.38. The number of nitriles is 1. The van der Waals surface area contributed by atoms with Crippen molar-refractivity contribution in [2.75, 3.05) is 0 Å². The zero-order valence-electron chi connectivity index (χ0n) is 9.22. The molecule has 2 aromatic rings. The largest absolute Gasteiger partial charge is 0.478 e. The Labute approximate surface area is 109 Å². The number of halogens is 1. The second kappa shape index (κ2) is 4.91. The fourth-order valence-electron chi connectivity index (χ4n) is 1.67. The molecule has 2 rings (SSSR count). The quantitative estimate of drug-likeness (QED) is 0.894. The fraction of sp³-hybridized carbons (Fsp3) is 0. The maximum atomic E-state index is 11.1. The van der Waals surface area contributed by atoms with Crippen LogP contribution in [0.15, 0.2) is 42.5 Å². The van der Waals surface area contributed by atoms with Crippen molar-refractivity contribution in [3.05, 3.63) is 58.6 Å². The molecule has 0 saturated carbocycles. The van der Waals surface area contributed by atoms with Crippen molar-refractivity contribution in [1.29, 1.82) is 5.26 Å². The molecule has 0 spiro atoms. The monoisotopic (exact) mass is 257 g/mol.